The maximum absolute atomic E-state index is 8.83. The maximum Gasteiger partial charge on any atom is 0.0558 e. The van der Waals surface area contributed by atoms with Crippen molar-refractivity contribution < 1.29 is 5.11 Å². The van der Waals surface area contributed by atoms with Crippen LogP contribution in [0.5, 0.6) is 0 Å². The predicted octanol–water partition coefficient (Wildman–Crippen LogP) is 0.300. The lowest BCUT2D eigenvalue weighted by Gasteiger charge is -2.18. The summed E-state index contributed by atoms with van der Waals surface area (Å²) in [5.41, 5.74) is 0. The second-order valence-corrected chi connectivity index (χ2v) is 3.92. The molecule has 1 rings (SSSR count). The molecule has 0 aromatic carbocycles. The van der Waals surface area contributed by atoms with Crippen molar-refractivity contribution in [2.24, 2.45) is 5.92 Å². The molecule has 3 nitrogen and oxygen atoms in total. The lowest BCUT2D eigenvalue weighted by atomic mass is 10.0. The third kappa shape index (κ3) is 4.07. The quantitative estimate of drug-likeness (QED) is 0.663. The topological polar surface area (TPSA) is 35.5 Å². The van der Waals surface area contributed by atoms with Crippen molar-refractivity contribution in [2.45, 2.75) is 19.3 Å². The molecule has 0 bridgehead atoms. The zero-order chi connectivity index (χ0) is 9.52. The van der Waals surface area contributed by atoms with Crippen LogP contribution in [-0.4, -0.2) is 49.8 Å². The SMILES string of the molecule is CNCC1CCCN(CCO)CC1. The zero-order valence-corrected chi connectivity index (χ0v) is 8.63. The molecule has 0 amide bonds. The molecule has 1 heterocycles. The minimum absolute atomic E-state index is 0.302. The maximum atomic E-state index is 8.83. The average molecular weight is 186 g/mol. The predicted molar refractivity (Wildman–Crippen MR) is 54.8 cm³/mol. The van der Waals surface area contributed by atoms with Gasteiger partial charge in [0, 0.05) is 6.54 Å². The van der Waals surface area contributed by atoms with E-state index in [1.165, 1.54) is 25.8 Å². The molecule has 1 fully saturated rings. The van der Waals surface area contributed by atoms with Crippen molar-refractivity contribution in [3.8, 4) is 0 Å². The van der Waals surface area contributed by atoms with Crippen LogP contribution in [0.25, 0.3) is 0 Å². The van der Waals surface area contributed by atoms with E-state index in [0.717, 1.165) is 25.6 Å². The average Bonchev–Trinajstić information content (AvgIpc) is 2.33. The lowest BCUT2D eigenvalue weighted by Crippen LogP contribution is -2.28. The van der Waals surface area contributed by atoms with Crippen molar-refractivity contribution in [1.82, 2.24) is 10.2 Å². The highest BCUT2D eigenvalue weighted by Crippen LogP contribution is 2.16. The zero-order valence-electron chi connectivity index (χ0n) is 8.63. The fourth-order valence-corrected chi connectivity index (χ4v) is 2.08. The van der Waals surface area contributed by atoms with Crippen molar-refractivity contribution in [3.63, 3.8) is 0 Å². The van der Waals surface area contributed by atoms with E-state index in [4.69, 9.17) is 5.11 Å². The Morgan fingerprint density at radius 2 is 2.23 bits per heavy atom. The molecular formula is C10H22N2O. The number of aliphatic hydroxyl groups is 1. The summed E-state index contributed by atoms with van der Waals surface area (Å²) in [6, 6.07) is 0. The van der Waals surface area contributed by atoms with Crippen LogP contribution in [-0.2, 0) is 0 Å². The van der Waals surface area contributed by atoms with E-state index in [2.05, 4.69) is 10.2 Å². The molecule has 0 aromatic rings. The minimum Gasteiger partial charge on any atom is -0.395 e. The van der Waals surface area contributed by atoms with Crippen molar-refractivity contribution in [2.75, 3.05) is 39.8 Å². The van der Waals surface area contributed by atoms with Gasteiger partial charge in [0.15, 0.2) is 0 Å². The van der Waals surface area contributed by atoms with Gasteiger partial charge in [-0.2, -0.15) is 0 Å². The first-order chi connectivity index (χ1) is 6.36. The van der Waals surface area contributed by atoms with Gasteiger partial charge < -0.3 is 15.3 Å². The number of nitrogens with zero attached hydrogens (tertiary/aromatic N) is 1. The van der Waals surface area contributed by atoms with Crippen molar-refractivity contribution in [3.05, 3.63) is 0 Å². The number of nitrogens with one attached hydrogen (secondary N) is 1. The van der Waals surface area contributed by atoms with Crippen LogP contribution in [0.2, 0.25) is 0 Å². The summed E-state index contributed by atoms with van der Waals surface area (Å²) < 4.78 is 0. The van der Waals surface area contributed by atoms with Gasteiger partial charge in [0.25, 0.3) is 0 Å². The van der Waals surface area contributed by atoms with E-state index in [-0.39, 0.29) is 0 Å². The third-order valence-corrected chi connectivity index (χ3v) is 2.85. The summed E-state index contributed by atoms with van der Waals surface area (Å²) in [7, 11) is 2.02. The van der Waals surface area contributed by atoms with E-state index in [0.29, 0.717) is 6.61 Å². The van der Waals surface area contributed by atoms with Crippen molar-refractivity contribution in [1.29, 1.82) is 0 Å². The molecule has 1 saturated heterocycles. The summed E-state index contributed by atoms with van der Waals surface area (Å²) in [6.07, 6.45) is 3.90. The Morgan fingerprint density at radius 3 is 2.92 bits per heavy atom. The monoisotopic (exact) mass is 186 g/mol. The van der Waals surface area contributed by atoms with Crippen LogP contribution >= 0.6 is 0 Å². The molecule has 0 aromatic heterocycles. The van der Waals surface area contributed by atoms with Gasteiger partial charge in [0.1, 0.15) is 0 Å². The van der Waals surface area contributed by atoms with Gasteiger partial charge in [-0.3, -0.25) is 0 Å². The Kier molecular flexibility index (Phi) is 5.35. The highest BCUT2D eigenvalue weighted by atomic mass is 16.3. The summed E-state index contributed by atoms with van der Waals surface area (Å²) in [6.45, 7) is 4.63. The summed E-state index contributed by atoms with van der Waals surface area (Å²) in [5.74, 6) is 0.841. The van der Waals surface area contributed by atoms with Crippen LogP contribution in [0.1, 0.15) is 19.3 Å². The molecule has 1 aliphatic rings. The van der Waals surface area contributed by atoms with Gasteiger partial charge in [-0.15, -0.1) is 0 Å². The Morgan fingerprint density at radius 1 is 1.38 bits per heavy atom. The Labute approximate surface area is 81.1 Å². The molecule has 1 unspecified atom stereocenters. The Balaban J connectivity index is 2.22. The molecule has 13 heavy (non-hydrogen) atoms. The number of aliphatic hydroxyl groups excluding tert-OH is 1. The molecular weight excluding hydrogens is 164 g/mol. The van der Waals surface area contributed by atoms with Gasteiger partial charge in [-0.25, -0.2) is 0 Å². The second-order valence-electron chi connectivity index (χ2n) is 3.92. The molecule has 0 spiro atoms. The number of β-amino-alcohol motifs (C(OH)–C–C–N with tert-alkyl or cyclic N) is 1. The van der Waals surface area contributed by atoms with Crippen LogP contribution < -0.4 is 5.32 Å². The van der Waals surface area contributed by atoms with Gasteiger partial charge in [0.05, 0.1) is 6.61 Å². The number of hydrogen-bond acceptors (Lipinski definition) is 3. The first-order valence-corrected chi connectivity index (χ1v) is 5.34. The Bertz CT molecular complexity index is 116. The normalized spacial score (nSPS) is 25.8. The third-order valence-electron chi connectivity index (χ3n) is 2.85. The molecule has 0 radical (unpaired) electrons. The summed E-state index contributed by atoms with van der Waals surface area (Å²) in [5, 5.41) is 12.1. The number of likely N-dealkylation sites (tertiary alicyclic amines) is 1. The first kappa shape index (κ1) is 11.0. The summed E-state index contributed by atoms with van der Waals surface area (Å²) >= 11 is 0. The smallest absolute Gasteiger partial charge is 0.0558 e. The molecule has 0 aliphatic carbocycles. The largest absolute Gasteiger partial charge is 0.395 e. The highest BCUT2D eigenvalue weighted by Gasteiger charge is 2.15. The van der Waals surface area contributed by atoms with Gasteiger partial charge >= 0.3 is 0 Å². The number of rotatable bonds is 4. The highest BCUT2D eigenvalue weighted by molar-refractivity contribution is 4.70. The van der Waals surface area contributed by atoms with E-state index < -0.39 is 0 Å². The van der Waals surface area contributed by atoms with Gasteiger partial charge in [0.2, 0.25) is 0 Å². The van der Waals surface area contributed by atoms with E-state index in [1.54, 1.807) is 0 Å². The van der Waals surface area contributed by atoms with Gasteiger partial charge in [-0.05, 0) is 51.9 Å². The van der Waals surface area contributed by atoms with Crippen LogP contribution in [0.3, 0.4) is 0 Å². The molecule has 3 heteroatoms. The number of hydrogen-bond donors (Lipinski definition) is 2. The van der Waals surface area contributed by atoms with Crippen LogP contribution in [0.4, 0.5) is 0 Å². The lowest BCUT2D eigenvalue weighted by molar-refractivity contribution is 0.199. The summed E-state index contributed by atoms with van der Waals surface area (Å²) in [4.78, 5) is 2.37. The van der Waals surface area contributed by atoms with Gasteiger partial charge in [-0.1, -0.05) is 0 Å². The standard InChI is InChI=1S/C10H22N2O/c1-11-9-10-3-2-5-12(6-4-10)7-8-13/h10-11,13H,2-9H2,1H3. The van der Waals surface area contributed by atoms with Crippen LogP contribution in [0.15, 0.2) is 0 Å². The fraction of sp³-hybridized carbons (Fsp3) is 1.00. The second kappa shape index (κ2) is 6.35. The van der Waals surface area contributed by atoms with E-state index in [9.17, 15) is 0 Å². The molecule has 1 aliphatic heterocycles. The van der Waals surface area contributed by atoms with Crippen molar-refractivity contribution >= 4 is 0 Å². The van der Waals surface area contributed by atoms with E-state index in [1.807, 2.05) is 7.05 Å². The first-order valence-electron chi connectivity index (χ1n) is 5.34. The minimum atomic E-state index is 0.302. The molecule has 0 saturated carbocycles. The molecule has 78 valence electrons. The van der Waals surface area contributed by atoms with E-state index >= 15 is 0 Å². The molecule has 2 N–H and O–H groups in total. The molecule has 1 atom stereocenters. The van der Waals surface area contributed by atoms with Crippen LogP contribution in [0, 0.1) is 5.92 Å². The fourth-order valence-electron chi connectivity index (χ4n) is 2.08. The Hall–Kier alpha value is -0.120.